The van der Waals surface area contributed by atoms with E-state index in [0.29, 0.717) is 11.3 Å². The van der Waals surface area contributed by atoms with Gasteiger partial charge in [-0.25, -0.2) is 0 Å². The van der Waals surface area contributed by atoms with E-state index < -0.39 is 22.0 Å². The van der Waals surface area contributed by atoms with Crippen LogP contribution in [0.2, 0.25) is 0 Å². The lowest BCUT2D eigenvalue weighted by Gasteiger charge is -2.27. The average Bonchev–Trinajstić information content (AvgIpc) is 2.87. The van der Waals surface area contributed by atoms with Crippen LogP contribution in [0.5, 0.6) is 17.2 Å². The first-order valence-electron chi connectivity index (χ1n) is 10.5. The molecule has 0 saturated heterocycles. The van der Waals surface area contributed by atoms with Gasteiger partial charge in [-0.3, -0.25) is 14.9 Å². The Morgan fingerprint density at radius 3 is 2.20 bits per heavy atom. The molecule has 0 heterocycles. The molecule has 0 radical (unpaired) electrons. The molecule has 9 nitrogen and oxygen atoms in total. The van der Waals surface area contributed by atoms with E-state index in [-0.39, 0.29) is 17.3 Å². The fourth-order valence-electron chi connectivity index (χ4n) is 3.55. The van der Waals surface area contributed by atoms with Crippen molar-refractivity contribution >= 4 is 34.2 Å². The zero-order chi connectivity index (χ0) is 24.9. The highest BCUT2D eigenvalue weighted by Gasteiger charge is 2.22. The number of ketones is 1. The van der Waals surface area contributed by atoms with Gasteiger partial charge < -0.3 is 14.7 Å². The lowest BCUT2D eigenvalue weighted by atomic mass is 10.1. The predicted molar refractivity (Wildman–Crippen MR) is 131 cm³/mol. The number of rotatable bonds is 8. The first kappa shape index (κ1) is 23.1. The molecule has 0 aliphatic rings. The van der Waals surface area contributed by atoms with Crippen LogP contribution in [-0.4, -0.2) is 15.8 Å². The molecule has 1 N–H and O–H groups in total. The number of anilines is 3. The lowest BCUT2D eigenvalue weighted by molar-refractivity contribution is -0.384. The number of para-hydroxylation sites is 3. The van der Waals surface area contributed by atoms with Crippen LogP contribution >= 0.6 is 0 Å². The summed E-state index contributed by atoms with van der Waals surface area (Å²) < 4.78 is 5.92. The number of nitro benzene ring substituents is 1. The maximum absolute atomic E-state index is 11.7. The molecule has 0 fully saturated rings. The smallest absolute Gasteiger partial charge is 0.275 e. The molecule has 4 aromatic rings. The number of nitro groups is 1. The van der Waals surface area contributed by atoms with Crippen LogP contribution in [0.3, 0.4) is 0 Å². The number of nitroso groups, excluding NO2 is 1. The number of phenolic OH excluding ortho intramolecular Hbond substituents is 1. The zero-order valence-corrected chi connectivity index (χ0v) is 18.5. The summed E-state index contributed by atoms with van der Waals surface area (Å²) in [5.41, 5.74) is 1.70. The monoisotopic (exact) mass is 469 g/mol. The Balaban J connectivity index is 1.84. The summed E-state index contributed by atoms with van der Waals surface area (Å²) in [7, 11) is 0. The van der Waals surface area contributed by atoms with Crippen molar-refractivity contribution in [2.45, 2.75) is 6.92 Å². The number of phenols is 1. The second-order valence-corrected chi connectivity index (χ2v) is 7.51. The van der Waals surface area contributed by atoms with Crippen LogP contribution in [0, 0.1) is 15.0 Å². The van der Waals surface area contributed by atoms with Gasteiger partial charge in [0.1, 0.15) is 0 Å². The van der Waals surface area contributed by atoms with Gasteiger partial charge in [-0.2, -0.15) is 0 Å². The Hall–Kier alpha value is -5.05. The van der Waals surface area contributed by atoms with E-state index >= 15 is 0 Å². The minimum Gasteiger partial charge on any atom is -0.504 e. The second-order valence-electron chi connectivity index (χ2n) is 7.51. The molecule has 0 atom stereocenters. The highest BCUT2D eigenvalue weighted by molar-refractivity contribution is 5.94. The van der Waals surface area contributed by atoms with Gasteiger partial charge in [-0.1, -0.05) is 30.3 Å². The van der Waals surface area contributed by atoms with E-state index in [1.54, 1.807) is 48.5 Å². The van der Waals surface area contributed by atoms with Gasteiger partial charge in [0.15, 0.2) is 28.7 Å². The molecule has 4 aromatic carbocycles. The minimum absolute atomic E-state index is 0.0610. The van der Waals surface area contributed by atoms with Crippen molar-refractivity contribution in [1.29, 1.82) is 0 Å². The fraction of sp³-hybridized carbons (Fsp3) is 0.0385. The first-order valence-corrected chi connectivity index (χ1v) is 10.5. The maximum Gasteiger partial charge on any atom is 0.275 e. The Morgan fingerprint density at radius 1 is 0.943 bits per heavy atom. The summed E-state index contributed by atoms with van der Waals surface area (Å²) in [5, 5.41) is 24.3. The van der Waals surface area contributed by atoms with Gasteiger partial charge in [-0.15, -0.1) is 4.91 Å². The fourth-order valence-corrected chi connectivity index (χ4v) is 3.55. The molecule has 0 aliphatic heterocycles. The maximum atomic E-state index is 11.7. The van der Waals surface area contributed by atoms with Gasteiger partial charge in [0, 0.05) is 23.0 Å². The van der Waals surface area contributed by atoms with Gasteiger partial charge in [0.2, 0.25) is 0 Å². The number of non-ortho nitro benzene ring substituents is 1. The highest BCUT2D eigenvalue weighted by Crippen LogP contribution is 2.47. The third-order valence-electron chi connectivity index (χ3n) is 5.21. The highest BCUT2D eigenvalue weighted by atomic mass is 16.6. The third-order valence-corrected chi connectivity index (χ3v) is 5.21. The molecule has 35 heavy (non-hydrogen) atoms. The number of aromatic hydroxyl groups is 1. The van der Waals surface area contributed by atoms with Gasteiger partial charge in [0.25, 0.3) is 5.69 Å². The van der Waals surface area contributed by atoms with E-state index in [1.165, 1.54) is 6.92 Å². The Labute approximate surface area is 200 Å². The number of benzene rings is 4. The van der Waals surface area contributed by atoms with Crippen molar-refractivity contribution in [3.8, 4) is 17.2 Å². The first-order chi connectivity index (χ1) is 16.9. The normalized spacial score (nSPS) is 10.4. The predicted octanol–water partition coefficient (Wildman–Crippen LogP) is 7.16. The van der Waals surface area contributed by atoms with Crippen molar-refractivity contribution in [3.05, 3.63) is 112 Å². The largest absolute Gasteiger partial charge is 0.504 e. The van der Waals surface area contributed by atoms with Crippen molar-refractivity contribution in [2.75, 3.05) is 4.90 Å². The topological polar surface area (TPSA) is 122 Å². The molecule has 0 saturated carbocycles. The van der Waals surface area contributed by atoms with E-state index in [1.807, 2.05) is 35.2 Å². The Bertz CT molecular complexity index is 1400. The lowest BCUT2D eigenvalue weighted by Crippen LogP contribution is -2.11. The standard InChI is InChI=1S/C26H19N3O6/c1-17(30)18-11-13-20(14-12-18)28(19-7-3-2-4-8-19)23-9-5-6-10-25(23)35-26-22(27-32)15-21(29(33)34)16-24(26)31/h2-16,31H,1H3. The summed E-state index contributed by atoms with van der Waals surface area (Å²) in [6, 6.07) is 25.1. The summed E-state index contributed by atoms with van der Waals surface area (Å²) >= 11 is 0. The molecule has 174 valence electrons. The molecule has 0 amide bonds. The van der Waals surface area contributed by atoms with Crippen LogP contribution < -0.4 is 9.64 Å². The molecule has 0 bridgehead atoms. The number of ether oxygens (including phenoxy) is 1. The van der Waals surface area contributed by atoms with Crippen molar-refractivity contribution in [2.24, 2.45) is 5.18 Å². The number of carbonyl (C=O) groups is 1. The van der Waals surface area contributed by atoms with E-state index in [4.69, 9.17) is 4.74 Å². The minimum atomic E-state index is -0.742. The Kier molecular flexibility index (Phi) is 6.50. The number of hydrogen-bond donors (Lipinski definition) is 1. The summed E-state index contributed by atoms with van der Waals surface area (Å²) in [6.07, 6.45) is 0. The van der Waals surface area contributed by atoms with Crippen LogP contribution in [-0.2, 0) is 0 Å². The molecule has 0 unspecified atom stereocenters. The van der Waals surface area contributed by atoms with E-state index in [2.05, 4.69) is 5.18 Å². The molecule has 9 heteroatoms. The number of hydrogen-bond acceptors (Lipinski definition) is 8. The zero-order valence-electron chi connectivity index (χ0n) is 18.5. The summed E-state index contributed by atoms with van der Waals surface area (Å²) in [4.78, 5) is 35.4. The molecular formula is C26H19N3O6. The number of carbonyl (C=O) groups excluding carboxylic acids is 1. The third kappa shape index (κ3) is 4.83. The SMILES string of the molecule is CC(=O)c1ccc(N(c2ccccc2)c2ccccc2Oc2c(O)cc([N+](=O)[O-])cc2N=O)cc1. The van der Waals surface area contributed by atoms with Crippen molar-refractivity contribution in [3.63, 3.8) is 0 Å². The molecule has 4 rings (SSSR count). The van der Waals surface area contributed by atoms with Crippen molar-refractivity contribution in [1.82, 2.24) is 0 Å². The van der Waals surface area contributed by atoms with E-state index in [9.17, 15) is 24.9 Å². The van der Waals surface area contributed by atoms with Crippen LogP contribution in [0.1, 0.15) is 17.3 Å². The summed E-state index contributed by atoms with van der Waals surface area (Å²) in [5.74, 6) is -0.714. The Morgan fingerprint density at radius 2 is 1.57 bits per heavy atom. The number of Topliss-reactive ketones (excluding diaryl/α,β-unsaturated/α-hetero) is 1. The molecular weight excluding hydrogens is 450 g/mol. The number of nitrogens with zero attached hydrogens (tertiary/aromatic N) is 3. The van der Waals surface area contributed by atoms with Crippen LogP contribution in [0.4, 0.5) is 28.4 Å². The van der Waals surface area contributed by atoms with Crippen LogP contribution in [0.25, 0.3) is 0 Å². The average molecular weight is 469 g/mol. The molecule has 0 aliphatic carbocycles. The quantitative estimate of drug-likeness (QED) is 0.126. The van der Waals surface area contributed by atoms with E-state index in [0.717, 1.165) is 23.5 Å². The molecule has 0 aromatic heterocycles. The summed E-state index contributed by atoms with van der Waals surface area (Å²) in [6.45, 7) is 1.49. The van der Waals surface area contributed by atoms with Crippen LogP contribution in [0.15, 0.2) is 96.2 Å². The van der Waals surface area contributed by atoms with Crippen molar-refractivity contribution < 1.29 is 19.6 Å². The second kappa shape index (κ2) is 9.84. The van der Waals surface area contributed by atoms with Gasteiger partial charge in [-0.05, 0) is 60.6 Å². The van der Waals surface area contributed by atoms with Gasteiger partial charge >= 0.3 is 0 Å². The molecule has 0 spiro atoms. The van der Waals surface area contributed by atoms with Gasteiger partial charge in [0.05, 0.1) is 16.7 Å².